The van der Waals surface area contributed by atoms with Crippen molar-refractivity contribution in [3.8, 4) is 78.9 Å². The molecule has 0 fully saturated rings. The van der Waals surface area contributed by atoms with Gasteiger partial charge >= 0.3 is 0 Å². The molecule has 10 aromatic carbocycles. The zero-order chi connectivity index (χ0) is 45.0. The summed E-state index contributed by atoms with van der Waals surface area (Å²) in [5.74, 6) is 1.84. The molecule has 0 aliphatic carbocycles. The van der Waals surface area contributed by atoms with Crippen LogP contribution in [0.1, 0.15) is 0 Å². The van der Waals surface area contributed by atoms with Crippen molar-refractivity contribution in [3.63, 3.8) is 0 Å². The predicted molar refractivity (Wildman–Crippen MR) is 281 cm³/mol. The highest BCUT2D eigenvalue weighted by molar-refractivity contribution is 6.33. The van der Waals surface area contributed by atoms with Gasteiger partial charge in [-0.1, -0.05) is 212 Å². The van der Waals surface area contributed by atoms with Crippen molar-refractivity contribution in [1.82, 2.24) is 24.1 Å². The Hall–Kier alpha value is -9.19. The Labute approximate surface area is 393 Å². The lowest BCUT2D eigenvalue weighted by Gasteiger charge is -2.18. The van der Waals surface area contributed by atoms with Gasteiger partial charge in [0.05, 0.1) is 22.1 Å². The molecular weight excluding hydrogens is 827 g/mol. The Morgan fingerprint density at radius 2 is 0.588 bits per heavy atom. The standard InChI is InChI=1S/C63H41N5/c1-6-21-42(22-7-1)43-37-39-47(40-38-43)62-64-61(46-27-12-4-13-28-46)65-63(66-62)48-29-20-32-50(41-48)68-54-36-19-17-34-52(54)58-56(45-25-10-3-11-26-45)55(44-23-8-2-9-24-44)57-51-33-16-18-35-53(51)67(59(57)60(58)68)49-30-14-5-15-31-49/h1-41H. The molecule has 5 heteroatoms. The first-order valence-electron chi connectivity index (χ1n) is 23.0. The third-order valence-corrected chi connectivity index (χ3v) is 13.1. The summed E-state index contributed by atoms with van der Waals surface area (Å²) in [6.45, 7) is 0. The summed E-state index contributed by atoms with van der Waals surface area (Å²) < 4.78 is 4.94. The highest BCUT2D eigenvalue weighted by Crippen LogP contribution is 2.52. The molecule has 0 radical (unpaired) electrons. The molecule has 3 aromatic heterocycles. The van der Waals surface area contributed by atoms with E-state index in [9.17, 15) is 0 Å². The van der Waals surface area contributed by atoms with Crippen LogP contribution in [0.25, 0.3) is 123 Å². The van der Waals surface area contributed by atoms with E-state index in [0.717, 1.165) is 66.8 Å². The van der Waals surface area contributed by atoms with E-state index < -0.39 is 0 Å². The van der Waals surface area contributed by atoms with Crippen LogP contribution in [-0.2, 0) is 0 Å². The second kappa shape index (κ2) is 16.4. The number of hydrogen-bond acceptors (Lipinski definition) is 3. The summed E-state index contributed by atoms with van der Waals surface area (Å²) in [5.41, 5.74) is 16.4. The average molecular weight is 868 g/mol. The Morgan fingerprint density at radius 1 is 0.250 bits per heavy atom. The minimum Gasteiger partial charge on any atom is -0.307 e. The monoisotopic (exact) mass is 867 g/mol. The van der Waals surface area contributed by atoms with Crippen molar-refractivity contribution in [3.05, 3.63) is 249 Å². The summed E-state index contributed by atoms with van der Waals surface area (Å²) in [5, 5.41) is 4.76. The number of hydrogen-bond donors (Lipinski definition) is 0. The Bertz CT molecular complexity index is 3970. The van der Waals surface area contributed by atoms with Crippen LogP contribution in [0.5, 0.6) is 0 Å². The fraction of sp³-hybridized carbons (Fsp3) is 0. The highest BCUT2D eigenvalue weighted by Gasteiger charge is 2.29. The summed E-state index contributed by atoms with van der Waals surface area (Å²) >= 11 is 0. The molecule has 5 nitrogen and oxygen atoms in total. The van der Waals surface area contributed by atoms with E-state index in [1.807, 2.05) is 24.3 Å². The van der Waals surface area contributed by atoms with Gasteiger partial charge in [0.25, 0.3) is 0 Å². The molecule has 0 amide bonds. The molecule has 0 bridgehead atoms. The lowest BCUT2D eigenvalue weighted by atomic mass is 9.87. The first-order valence-corrected chi connectivity index (χ1v) is 23.0. The molecule has 68 heavy (non-hydrogen) atoms. The van der Waals surface area contributed by atoms with Crippen LogP contribution < -0.4 is 0 Å². The molecule has 318 valence electrons. The molecule has 3 heterocycles. The first-order chi connectivity index (χ1) is 33.8. The van der Waals surface area contributed by atoms with Gasteiger partial charge in [0.1, 0.15) is 0 Å². The second-order valence-corrected chi connectivity index (χ2v) is 17.1. The maximum atomic E-state index is 5.24. The minimum atomic E-state index is 0.600. The van der Waals surface area contributed by atoms with E-state index in [0.29, 0.717) is 17.5 Å². The molecule has 0 aliphatic heterocycles. The van der Waals surface area contributed by atoms with Crippen LogP contribution in [0, 0.1) is 0 Å². The number of fused-ring (bicyclic) bond motifs is 7. The van der Waals surface area contributed by atoms with E-state index in [1.165, 1.54) is 38.2 Å². The van der Waals surface area contributed by atoms with Crippen molar-refractivity contribution >= 4 is 43.6 Å². The molecule has 0 aliphatic rings. The SMILES string of the molecule is c1ccc(-c2ccc(-c3nc(-c4ccccc4)nc(-c4cccc(-n5c6ccccc6c6c(-c7ccccc7)c(-c7ccccc7)c7c8ccccc8n(-c8ccccc8)c7c65)c4)n3)cc2)cc1. The molecular formula is C63H41N5. The van der Waals surface area contributed by atoms with Gasteiger partial charge in [-0.15, -0.1) is 0 Å². The molecule has 0 atom stereocenters. The van der Waals surface area contributed by atoms with Gasteiger partial charge in [0.15, 0.2) is 17.5 Å². The number of nitrogens with zero attached hydrogens (tertiary/aromatic N) is 5. The zero-order valence-electron chi connectivity index (χ0n) is 36.9. The second-order valence-electron chi connectivity index (χ2n) is 17.1. The Balaban J connectivity index is 1.12. The Kier molecular flexibility index (Phi) is 9.43. The van der Waals surface area contributed by atoms with Gasteiger partial charge < -0.3 is 9.13 Å². The number of aromatic nitrogens is 5. The van der Waals surface area contributed by atoms with Crippen molar-refractivity contribution < 1.29 is 0 Å². The van der Waals surface area contributed by atoms with E-state index in [-0.39, 0.29) is 0 Å². The summed E-state index contributed by atoms with van der Waals surface area (Å²) in [7, 11) is 0. The quantitative estimate of drug-likeness (QED) is 0.153. The van der Waals surface area contributed by atoms with E-state index in [4.69, 9.17) is 15.0 Å². The average Bonchev–Trinajstić information content (AvgIpc) is 3.95. The normalized spacial score (nSPS) is 11.5. The lowest BCUT2D eigenvalue weighted by Crippen LogP contribution is -2.02. The van der Waals surface area contributed by atoms with Crippen LogP contribution in [0.4, 0.5) is 0 Å². The minimum absolute atomic E-state index is 0.600. The zero-order valence-corrected chi connectivity index (χ0v) is 36.9. The van der Waals surface area contributed by atoms with Gasteiger partial charge in [0.2, 0.25) is 0 Å². The van der Waals surface area contributed by atoms with E-state index in [2.05, 4.69) is 234 Å². The topological polar surface area (TPSA) is 48.5 Å². The Morgan fingerprint density at radius 3 is 1.10 bits per heavy atom. The van der Waals surface area contributed by atoms with Crippen molar-refractivity contribution in [2.75, 3.05) is 0 Å². The maximum absolute atomic E-state index is 5.24. The molecule has 13 aromatic rings. The summed E-state index contributed by atoms with van der Waals surface area (Å²) in [4.78, 5) is 15.5. The third-order valence-electron chi connectivity index (χ3n) is 13.1. The molecule has 0 saturated carbocycles. The fourth-order valence-electron chi connectivity index (χ4n) is 10.2. The summed E-state index contributed by atoms with van der Waals surface area (Å²) in [6.07, 6.45) is 0. The van der Waals surface area contributed by atoms with Gasteiger partial charge in [-0.2, -0.15) is 0 Å². The lowest BCUT2D eigenvalue weighted by molar-refractivity contribution is 1.07. The highest BCUT2D eigenvalue weighted by atomic mass is 15.1. The molecule has 0 N–H and O–H groups in total. The number of para-hydroxylation sites is 3. The number of benzene rings is 10. The largest absolute Gasteiger partial charge is 0.307 e. The van der Waals surface area contributed by atoms with Crippen molar-refractivity contribution in [1.29, 1.82) is 0 Å². The van der Waals surface area contributed by atoms with Crippen LogP contribution in [0.15, 0.2) is 249 Å². The van der Waals surface area contributed by atoms with Crippen LogP contribution >= 0.6 is 0 Å². The molecule has 0 saturated heterocycles. The van der Waals surface area contributed by atoms with E-state index >= 15 is 0 Å². The van der Waals surface area contributed by atoms with Gasteiger partial charge in [-0.05, 0) is 58.7 Å². The maximum Gasteiger partial charge on any atom is 0.164 e. The van der Waals surface area contributed by atoms with Crippen molar-refractivity contribution in [2.24, 2.45) is 0 Å². The van der Waals surface area contributed by atoms with Gasteiger partial charge in [0, 0.05) is 60.7 Å². The molecule has 0 spiro atoms. The summed E-state index contributed by atoms with van der Waals surface area (Å²) in [6, 6.07) is 88.2. The fourth-order valence-corrected chi connectivity index (χ4v) is 10.2. The van der Waals surface area contributed by atoms with Gasteiger partial charge in [-0.25, -0.2) is 15.0 Å². The van der Waals surface area contributed by atoms with E-state index in [1.54, 1.807) is 0 Å². The van der Waals surface area contributed by atoms with Crippen molar-refractivity contribution in [2.45, 2.75) is 0 Å². The predicted octanol–water partition coefficient (Wildman–Crippen LogP) is 16.1. The first kappa shape index (κ1) is 39.2. The third kappa shape index (κ3) is 6.51. The van der Waals surface area contributed by atoms with Crippen LogP contribution in [-0.4, -0.2) is 24.1 Å². The smallest absolute Gasteiger partial charge is 0.164 e. The number of rotatable bonds is 8. The molecule has 0 unspecified atom stereocenters. The molecule has 13 rings (SSSR count). The van der Waals surface area contributed by atoms with Crippen LogP contribution in [0.3, 0.4) is 0 Å². The van der Waals surface area contributed by atoms with Gasteiger partial charge in [-0.3, -0.25) is 0 Å². The van der Waals surface area contributed by atoms with Crippen LogP contribution in [0.2, 0.25) is 0 Å².